The Bertz CT molecular complexity index is 1370. The van der Waals surface area contributed by atoms with Crippen LogP contribution in [0.5, 0.6) is 5.75 Å². The molecule has 0 atom stereocenters. The van der Waals surface area contributed by atoms with Gasteiger partial charge >= 0.3 is 5.97 Å². The lowest BCUT2D eigenvalue weighted by Crippen LogP contribution is -2.32. The number of nitrogens with zero attached hydrogens (tertiary/aromatic N) is 2. The first-order valence-corrected chi connectivity index (χ1v) is 11.9. The number of fused-ring (bicyclic) bond motifs is 1. The van der Waals surface area contributed by atoms with Gasteiger partial charge in [-0.1, -0.05) is 22.0 Å². The van der Waals surface area contributed by atoms with Crippen molar-refractivity contribution in [3.8, 4) is 11.8 Å². The van der Waals surface area contributed by atoms with Gasteiger partial charge in [-0.3, -0.25) is 4.98 Å². The molecule has 0 unspecified atom stereocenters. The van der Waals surface area contributed by atoms with Gasteiger partial charge in [-0.25, -0.2) is 13.2 Å². The zero-order chi connectivity index (χ0) is 22.4. The van der Waals surface area contributed by atoms with Crippen LogP contribution in [0.2, 0.25) is 0 Å². The number of carboxylic acid groups (broad SMARTS) is 1. The normalized spacial score (nSPS) is 15.2. The molecular weight excluding hydrogens is 484 g/mol. The average Bonchev–Trinajstić information content (AvgIpc) is 2.68. The number of phenols is 1. The van der Waals surface area contributed by atoms with Crippen molar-refractivity contribution in [3.05, 3.63) is 63.8 Å². The van der Waals surface area contributed by atoms with Crippen LogP contribution in [0.1, 0.15) is 40.7 Å². The number of rotatable bonds is 5. The molecule has 4 rings (SSSR count). The fourth-order valence-corrected chi connectivity index (χ4v) is 6.07. The lowest BCUT2D eigenvalue weighted by atomic mass is 9.65. The maximum Gasteiger partial charge on any atom is 0.339 e. The summed E-state index contributed by atoms with van der Waals surface area (Å²) in [5.41, 5.74) is -0.631. The van der Waals surface area contributed by atoms with E-state index >= 15 is 0 Å². The van der Waals surface area contributed by atoms with E-state index in [4.69, 9.17) is 0 Å². The van der Waals surface area contributed by atoms with E-state index < -0.39 is 38.3 Å². The number of aromatic nitrogens is 1. The molecule has 1 aliphatic rings. The summed E-state index contributed by atoms with van der Waals surface area (Å²) in [6.07, 6.45) is 3.42. The molecule has 0 amide bonds. The summed E-state index contributed by atoms with van der Waals surface area (Å²) in [6.45, 7) is 0. The largest absolute Gasteiger partial charge is 0.507 e. The van der Waals surface area contributed by atoms with Crippen LogP contribution in [0.3, 0.4) is 0 Å². The van der Waals surface area contributed by atoms with E-state index in [0.717, 1.165) is 6.42 Å². The molecule has 1 aliphatic carbocycles. The maximum absolute atomic E-state index is 13.3. The number of benzene rings is 2. The van der Waals surface area contributed by atoms with Gasteiger partial charge in [0.15, 0.2) is 9.84 Å². The predicted octanol–water partition coefficient (Wildman–Crippen LogP) is 4.32. The van der Waals surface area contributed by atoms with Crippen LogP contribution in [-0.2, 0) is 21.0 Å². The first-order chi connectivity index (χ1) is 14.7. The smallest absolute Gasteiger partial charge is 0.339 e. The number of aromatic carboxylic acids is 1. The predicted molar refractivity (Wildman–Crippen MR) is 117 cm³/mol. The summed E-state index contributed by atoms with van der Waals surface area (Å²) in [4.78, 5) is 15.9. The third-order valence-electron chi connectivity index (χ3n) is 5.71. The zero-order valence-electron chi connectivity index (χ0n) is 16.2. The van der Waals surface area contributed by atoms with Crippen LogP contribution in [-0.4, -0.2) is 29.6 Å². The van der Waals surface area contributed by atoms with Crippen LogP contribution >= 0.6 is 15.9 Å². The molecule has 2 aromatic carbocycles. The van der Waals surface area contributed by atoms with Crippen LogP contribution in [0.4, 0.5) is 0 Å². The highest BCUT2D eigenvalue weighted by Gasteiger charge is 2.40. The number of hydrogen-bond donors (Lipinski definition) is 2. The van der Waals surface area contributed by atoms with Crippen LogP contribution in [0.25, 0.3) is 10.9 Å². The van der Waals surface area contributed by atoms with Gasteiger partial charge < -0.3 is 10.2 Å². The molecule has 1 saturated carbocycles. The number of halogens is 1. The van der Waals surface area contributed by atoms with E-state index in [9.17, 15) is 28.7 Å². The molecule has 158 valence electrons. The Balaban J connectivity index is 1.87. The van der Waals surface area contributed by atoms with Crippen molar-refractivity contribution in [2.24, 2.45) is 0 Å². The third kappa shape index (κ3) is 3.66. The number of sulfone groups is 1. The minimum absolute atomic E-state index is 0.0298. The Kier molecular flexibility index (Phi) is 5.23. The molecule has 0 radical (unpaired) electrons. The fourth-order valence-electron chi connectivity index (χ4n) is 3.88. The van der Waals surface area contributed by atoms with E-state index in [0.29, 0.717) is 28.3 Å². The van der Waals surface area contributed by atoms with Crippen molar-refractivity contribution in [2.75, 3.05) is 0 Å². The molecule has 1 fully saturated rings. The van der Waals surface area contributed by atoms with Crippen molar-refractivity contribution in [3.63, 3.8) is 0 Å². The topological polar surface area (TPSA) is 128 Å². The highest BCUT2D eigenvalue weighted by molar-refractivity contribution is 9.10. The Morgan fingerprint density at radius 1 is 1.26 bits per heavy atom. The molecular formula is C22H17BrN2O5S. The molecule has 2 N–H and O–H groups in total. The van der Waals surface area contributed by atoms with Crippen molar-refractivity contribution >= 4 is 42.6 Å². The third-order valence-corrected chi connectivity index (χ3v) is 7.84. The second-order valence-electron chi connectivity index (χ2n) is 7.62. The Morgan fingerprint density at radius 2 is 2.00 bits per heavy atom. The number of hydrogen-bond acceptors (Lipinski definition) is 6. The van der Waals surface area contributed by atoms with Gasteiger partial charge in [-0.05, 0) is 55.2 Å². The summed E-state index contributed by atoms with van der Waals surface area (Å²) in [7, 11) is -4.01. The van der Waals surface area contributed by atoms with Gasteiger partial charge in [0.2, 0.25) is 0 Å². The van der Waals surface area contributed by atoms with Gasteiger partial charge in [0.1, 0.15) is 11.3 Å². The SMILES string of the molecule is N#CC1(c2cc(CS(=O)(=O)c3cc(Br)cc4cccnc34)c(O)c(C(=O)O)c2)CCC1. The number of nitriles is 1. The first kappa shape index (κ1) is 21.3. The van der Waals surface area contributed by atoms with E-state index in [2.05, 4.69) is 27.0 Å². The molecule has 31 heavy (non-hydrogen) atoms. The second kappa shape index (κ2) is 7.62. The zero-order valence-corrected chi connectivity index (χ0v) is 18.6. The van der Waals surface area contributed by atoms with Crippen LogP contribution < -0.4 is 0 Å². The molecule has 1 heterocycles. The minimum Gasteiger partial charge on any atom is -0.507 e. The number of aromatic hydroxyl groups is 1. The van der Waals surface area contributed by atoms with E-state index in [1.165, 1.54) is 24.4 Å². The summed E-state index contributed by atoms with van der Waals surface area (Å²) in [5, 5.41) is 30.3. The summed E-state index contributed by atoms with van der Waals surface area (Å²) >= 11 is 3.31. The molecule has 9 heteroatoms. The lowest BCUT2D eigenvalue weighted by molar-refractivity contribution is 0.0693. The van der Waals surface area contributed by atoms with E-state index in [1.54, 1.807) is 18.2 Å². The Hall–Kier alpha value is -2.96. The summed E-state index contributed by atoms with van der Waals surface area (Å²) in [6, 6.07) is 11.6. The fraction of sp³-hybridized carbons (Fsp3) is 0.227. The lowest BCUT2D eigenvalue weighted by Gasteiger charge is -2.36. The standard InChI is InChI=1S/C22H17BrN2O5S/c23-16-8-13-3-1-6-25-19(13)18(10-16)31(29,30)11-14-7-15(22(12-24)4-2-5-22)9-17(20(14)26)21(27)28/h1,3,6-10,26H,2,4-5,11H2,(H,27,28). The second-order valence-corrected chi connectivity index (χ2v) is 10.5. The van der Waals surface area contributed by atoms with Gasteiger partial charge in [0.05, 0.1) is 27.6 Å². The number of carboxylic acids is 1. The molecule has 0 bridgehead atoms. The number of carbonyl (C=O) groups is 1. The van der Waals surface area contributed by atoms with Crippen molar-refractivity contribution < 1.29 is 23.4 Å². The molecule has 7 nitrogen and oxygen atoms in total. The highest BCUT2D eigenvalue weighted by atomic mass is 79.9. The average molecular weight is 501 g/mol. The summed E-state index contributed by atoms with van der Waals surface area (Å²) < 4.78 is 27.2. The van der Waals surface area contributed by atoms with Gasteiger partial charge in [0, 0.05) is 21.6 Å². The van der Waals surface area contributed by atoms with Crippen LogP contribution in [0, 0.1) is 11.3 Å². The summed E-state index contributed by atoms with van der Waals surface area (Å²) in [5.74, 6) is -2.63. The molecule has 0 spiro atoms. The van der Waals surface area contributed by atoms with Crippen LogP contribution in [0.15, 0.2) is 52.0 Å². The molecule has 1 aromatic heterocycles. The minimum atomic E-state index is -4.01. The Morgan fingerprint density at radius 3 is 2.61 bits per heavy atom. The quantitative estimate of drug-likeness (QED) is 0.533. The molecule has 0 saturated heterocycles. The van der Waals surface area contributed by atoms with Crippen molar-refractivity contribution in [1.29, 1.82) is 5.26 Å². The molecule has 3 aromatic rings. The van der Waals surface area contributed by atoms with Crippen molar-refractivity contribution in [1.82, 2.24) is 4.98 Å². The van der Waals surface area contributed by atoms with Gasteiger partial charge in [0.25, 0.3) is 0 Å². The van der Waals surface area contributed by atoms with Gasteiger partial charge in [-0.15, -0.1) is 0 Å². The first-order valence-electron chi connectivity index (χ1n) is 9.45. The van der Waals surface area contributed by atoms with Crippen molar-refractivity contribution in [2.45, 2.75) is 35.3 Å². The maximum atomic E-state index is 13.3. The van der Waals surface area contributed by atoms with E-state index in [-0.39, 0.29) is 16.0 Å². The molecule has 0 aliphatic heterocycles. The Labute approximate surface area is 187 Å². The van der Waals surface area contributed by atoms with Gasteiger partial charge in [-0.2, -0.15) is 5.26 Å². The number of pyridine rings is 1. The van der Waals surface area contributed by atoms with E-state index in [1.807, 2.05) is 0 Å². The monoisotopic (exact) mass is 500 g/mol. The highest BCUT2D eigenvalue weighted by Crippen LogP contribution is 2.45.